The molecule has 1 saturated carbocycles. The molecule has 0 aromatic rings. The van der Waals surface area contributed by atoms with Crippen LogP contribution in [0.25, 0.3) is 0 Å². The Bertz CT molecular complexity index is 417. The van der Waals surface area contributed by atoms with Crippen LogP contribution >= 0.6 is 11.8 Å². The highest BCUT2D eigenvalue weighted by atomic mass is 32.2. The van der Waals surface area contributed by atoms with Crippen LogP contribution in [0.5, 0.6) is 0 Å². The molecule has 0 aromatic carbocycles. The van der Waals surface area contributed by atoms with Crippen molar-refractivity contribution in [3.05, 3.63) is 0 Å². The molecule has 106 valence electrons. The first kappa shape index (κ1) is 14.4. The summed E-state index contributed by atoms with van der Waals surface area (Å²) < 4.78 is 0. The van der Waals surface area contributed by atoms with Crippen molar-refractivity contribution in [3.8, 4) is 0 Å². The summed E-state index contributed by atoms with van der Waals surface area (Å²) in [5.74, 6) is -0.345. The quantitative estimate of drug-likeness (QED) is 0.749. The van der Waals surface area contributed by atoms with Crippen molar-refractivity contribution >= 4 is 29.5 Å². The maximum absolute atomic E-state index is 12.1. The molecule has 2 rings (SSSR count). The average molecular weight is 285 g/mol. The molecule has 5 nitrogen and oxygen atoms in total. The van der Waals surface area contributed by atoms with E-state index in [9.17, 15) is 14.4 Å². The van der Waals surface area contributed by atoms with Crippen molar-refractivity contribution < 1.29 is 19.5 Å². The second-order valence-corrected chi connectivity index (χ2v) is 6.96. The molecule has 1 atom stereocenters. The van der Waals surface area contributed by atoms with E-state index in [0.29, 0.717) is 5.75 Å². The molecule has 0 spiro atoms. The van der Waals surface area contributed by atoms with Gasteiger partial charge >= 0.3 is 5.97 Å². The molecule has 0 radical (unpaired) electrons. The molecule has 1 aliphatic heterocycles. The number of thioether (sulfide) groups is 1. The van der Waals surface area contributed by atoms with E-state index in [1.807, 2.05) is 13.8 Å². The van der Waals surface area contributed by atoms with Gasteiger partial charge in [-0.25, -0.2) is 0 Å². The zero-order valence-electron chi connectivity index (χ0n) is 11.2. The largest absolute Gasteiger partial charge is 0.481 e. The van der Waals surface area contributed by atoms with Crippen LogP contribution in [0.3, 0.4) is 0 Å². The van der Waals surface area contributed by atoms with E-state index in [1.165, 1.54) is 16.7 Å². The molecule has 1 saturated heterocycles. The zero-order valence-corrected chi connectivity index (χ0v) is 12.0. The van der Waals surface area contributed by atoms with Crippen molar-refractivity contribution in [3.63, 3.8) is 0 Å². The van der Waals surface area contributed by atoms with Crippen LogP contribution in [-0.2, 0) is 14.4 Å². The van der Waals surface area contributed by atoms with Crippen molar-refractivity contribution in [1.29, 1.82) is 0 Å². The number of carboxylic acids is 1. The van der Waals surface area contributed by atoms with E-state index >= 15 is 0 Å². The molecule has 1 heterocycles. The summed E-state index contributed by atoms with van der Waals surface area (Å²) >= 11 is 1.45. The molecule has 2 aliphatic rings. The van der Waals surface area contributed by atoms with E-state index in [1.54, 1.807) is 0 Å². The number of nitrogens with zero attached hydrogens (tertiary/aromatic N) is 1. The van der Waals surface area contributed by atoms with Crippen LogP contribution in [-0.4, -0.2) is 44.8 Å². The third-order valence-electron chi connectivity index (χ3n) is 3.73. The standard InChI is InChI=1S/C13H19NO4S/c1-8(2)14-10(15)5-9(12(14)18)19-7-13(3-4-13)6-11(16)17/h8-9H,3-7H2,1-2H3,(H,16,17). The molecule has 1 N–H and O–H groups in total. The lowest BCUT2D eigenvalue weighted by Gasteiger charge is -2.19. The normalized spacial score (nSPS) is 25.2. The monoisotopic (exact) mass is 285 g/mol. The summed E-state index contributed by atoms with van der Waals surface area (Å²) in [6.45, 7) is 3.66. The molecule has 1 unspecified atom stereocenters. The summed E-state index contributed by atoms with van der Waals surface area (Å²) in [6, 6.07) is -0.0977. The Balaban J connectivity index is 1.89. The minimum Gasteiger partial charge on any atom is -0.481 e. The highest BCUT2D eigenvalue weighted by Gasteiger charge is 2.47. The van der Waals surface area contributed by atoms with Crippen LogP contribution in [0.15, 0.2) is 0 Å². The second kappa shape index (κ2) is 5.15. The van der Waals surface area contributed by atoms with Crippen LogP contribution in [0, 0.1) is 5.41 Å². The minimum atomic E-state index is -0.782. The highest BCUT2D eigenvalue weighted by molar-refractivity contribution is 8.00. The second-order valence-electron chi connectivity index (χ2n) is 5.77. The van der Waals surface area contributed by atoms with Crippen LogP contribution in [0.1, 0.15) is 39.5 Å². The van der Waals surface area contributed by atoms with E-state index in [4.69, 9.17) is 5.11 Å². The third kappa shape index (κ3) is 3.11. The number of imide groups is 1. The Kier molecular flexibility index (Phi) is 3.90. The molecular weight excluding hydrogens is 266 g/mol. The van der Waals surface area contributed by atoms with Crippen molar-refractivity contribution in [2.75, 3.05) is 5.75 Å². The van der Waals surface area contributed by atoms with Crippen molar-refractivity contribution in [2.24, 2.45) is 5.41 Å². The number of carboxylic acid groups (broad SMARTS) is 1. The summed E-state index contributed by atoms with van der Waals surface area (Å²) in [7, 11) is 0. The van der Waals surface area contributed by atoms with E-state index in [0.717, 1.165) is 12.8 Å². The smallest absolute Gasteiger partial charge is 0.303 e. The van der Waals surface area contributed by atoms with Crippen LogP contribution < -0.4 is 0 Å². The fraction of sp³-hybridized carbons (Fsp3) is 0.769. The van der Waals surface area contributed by atoms with Gasteiger partial charge in [-0.05, 0) is 32.1 Å². The number of carbonyl (C=O) groups excluding carboxylic acids is 2. The van der Waals surface area contributed by atoms with Gasteiger partial charge in [-0.1, -0.05) is 0 Å². The van der Waals surface area contributed by atoms with Gasteiger partial charge in [0.05, 0.1) is 11.7 Å². The van der Waals surface area contributed by atoms with Gasteiger partial charge in [0.2, 0.25) is 11.8 Å². The summed E-state index contributed by atoms with van der Waals surface area (Å²) in [5.41, 5.74) is -0.134. The third-order valence-corrected chi connectivity index (χ3v) is 5.28. The lowest BCUT2D eigenvalue weighted by atomic mass is 10.1. The van der Waals surface area contributed by atoms with Crippen molar-refractivity contribution in [1.82, 2.24) is 4.90 Å². The molecular formula is C13H19NO4S. The fourth-order valence-electron chi connectivity index (χ4n) is 2.44. The van der Waals surface area contributed by atoms with Gasteiger partial charge in [0.15, 0.2) is 0 Å². The van der Waals surface area contributed by atoms with E-state index in [-0.39, 0.29) is 41.4 Å². The molecule has 0 bridgehead atoms. The van der Waals surface area contributed by atoms with Gasteiger partial charge in [0.25, 0.3) is 0 Å². The Morgan fingerprint density at radius 3 is 2.53 bits per heavy atom. The lowest BCUT2D eigenvalue weighted by Crippen LogP contribution is -2.37. The predicted molar refractivity (Wildman–Crippen MR) is 71.8 cm³/mol. The van der Waals surface area contributed by atoms with Gasteiger partial charge in [0, 0.05) is 18.2 Å². The minimum absolute atomic E-state index is 0.0977. The van der Waals surface area contributed by atoms with Gasteiger partial charge in [-0.15, -0.1) is 11.8 Å². The first-order valence-corrected chi connectivity index (χ1v) is 7.59. The molecule has 2 amide bonds. The fourth-order valence-corrected chi connectivity index (χ4v) is 3.90. The summed E-state index contributed by atoms with van der Waals surface area (Å²) in [4.78, 5) is 35.9. The predicted octanol–water partition coefficient (Wildman–Crippen LogP) is 1.51. The van der Waals surface area contributed by atoms with Gasteiger partial charge in [0.1, 0.15) is 0 Å². The number of likely N-dealkylation sites (tertiary alicyclic amines) is 1. The maximum Gasteiger partial charge on any atom is 0.303 e. The molecule has 19 heavy (non-hydrogen) atoms. The van der Waals surface area contributed by atoms with Crippen LogP contribution in [0.2, 0.25) is 0 Å². The Morgan fingerprint density at radius 1 is 1.47 bits per heavy atom. The van der Waals surface area contributed by atoms with Crippen LogP contribution in [0.4, 0.5) is 0 Å². The van der Waals surface area contributed by atoms with Gasteiger partial charge in [-0.3, -0.25) is 19.3 Å². The summed E-state index contributed by atoms with van der Waals surface area (Å²) in [5, 5.41) is 8.53. The SMILES string of the molecule is CC(C)N1C(=O)CC(SCC2(CC(=O)O)CC2)C1=O. The average Bonchev–Trinajstić information content (AvgIpc) is 2.96. The van der Waals surface area contributed by atoms with E-state index < -0.39 is 5.97 Å². The van der Waals surface area contributed by atoms with E-state index in [2.05, 4.69) is 0 Å². The first-order chi connectivity index (χ1) is 8.84. The first-order valence-electron chi connectivity index (χ1n) is 6.54. The topological polar surface area (TPSA) is 74.7 Å². The molecule has 6 heteroatoms. The number of aliphatic carboxylic acids is 1. The lowest BCUT2D eigenvalue weighted by molar-refractivity contribution is -0.140. The zero-order chi connectivity index (χ0) is 14.2. The number of carbonyl (C=O) groups is 3. The number of hydrogen-bond acceptors (Lipinski definition) is 4. The molecule has 2 fully saturated rings. The Morgan fingerprint density at radius 2 is 2.11 bits per heavy atom. The highest BCUT2D eigenvalue weighted by Crippen LogP contribution is 2.52. The maximum atomic E-state index is 12.1. The molecule has 1 aliphatic carbocycles. The Hall–Kier alpha value is -1.04. The Labute approximate surface area is 116 Å². The van der Waals surface area contributed by atoms with Gasteiger partial charge in [-0.2, -0.15) is 0 Å². The number of rotatable bonds is 6. The van der Waals surface area contributed by atoms with Gasteiger partial charge < -0.3 is 5.11 Å². The summed E-state index contributed by atoms with van der Waals surface area (Å²) in [6.07, 6.45) is 2.25. The van der Waals surface area contributed by atoms with Crippen molar-refractivity contribution in [2.45, 2.75) is 50.8 Å². The molecule has 0 aromatic heterocycles. The number of hydrogen-bond donors (Lipinski definition) is 1. The number of amides is 2.